The SMILES string of the molecule is CCC[CH2][Sn]([CH2]/C=C\O[C@@H]1C[C@@H]2O[C@H](c3ccccc3)OC[C@H]2O[C@@]1(C)CCC(=O)OCC)([CH2]CCC)[CH2]CCC. The normalized spacial score (nSPS) is 26.6. The van der Waals surface area contributed by atoms with Gasteiger partial charge >= 0.3 is 249 Å². The Morgan fingerprint density at radius 2 is 1.66 bits per heavy atom. The Morgan fingerprint density at radius 1 is 1.00 bits per heavy atom. The van der Waals surface area contributed by atoms with Crippen molar-refractivity contribution >= 4 is 24.3 Å². The van der Waals surface area contributed by atoms with Crippen LogP contribution >= 0.6 is 0 Å². The molecule has 1 aromatic rings. The van der Waals surface area contributed by atoms with Gasteiger partial charge in [-0.25, -0.2) is 0 Å². The maximum atomic E-state index is 12.3. The zero-order chi connectivity index (χ0) is 29.6. The van der Waals surface area contributed by atoms with Gasteiger partial charge in [-0.1, -0.05) is 6.07 Å². The summed E-state index contributed by atoms with van der Waals surface area (Å²) in [6, 6.07) is 10.1. The second-order valence-corrected chi connectivity index (χ2v) is 26.3. The molecule has 2 fully saturated rings. The minimum absolute atomic E-state index is 0.139. The summed E-state index contributed by atoms with van der Waals surface area (Å²) < 4.78 is 36.6. The number of allylic oxidation sites excluding steroid dienone is 1. The van der Waals surface area contributed by atoms with Crippen molar-refractivity contribution in [2.75, 3.05) is 13.2 Å². The van der Waals surface area contributed by atoms with E-state index in [4.69, 9.17) is 23.7 Å². The third-order valence-electron chi connectivity index (χ3n) is 8.95. The average molecular weight is 680 g/mol. The summed E-state index contributed by atoms with van der Waals surface area (Å²) in [5.41, 5.74) is 0.367. The zero-order valence-corrected chi connectivity index (χ0v) is 29.3. The average Bonchev–Trinajstić information content (AvgIpc) is 2.99. The van der Waals surface area contributed by atoms with Gasteiger partial charge in [0.15, 0.2) is 0 Å². The molecule has 0 aromatic heterocycles. The third-order valence-corrected chi connectivity index (χ3v) is 24.2. The molecule has 0 spiro atoms. The van der Waals surface area contributed by atoms with Crippen molar-refractivity contribution in [2.24, 2.45) is 0 Å². The molecule has 0 saturated carbocycles. The molecule has 0 unspecified atom stereocenters. The molecule has 2 saturated heterocycles. The molecule has 2 aliphatic rings. The topological polar surface area (TPSA) is 63.2 Å². The van der Waals surface area contributed by atoms with Gasteiger partial charge < -0.3 is 0 Å². The fourth-order valence-electron chi connectivity index (χ4n) is 6.35. The molecule has 7 heteroatoms. The van der Waals surface area contributed by atoms with Crippen LogP contribution in [0.15, 0.2) is 42.7 Å². The van der Waals surface area contributed by atoms with Crippen molar-refractivity contribution < 1.29 is 28.5 Å². The van der Waals surface area contributed by atoms with Crippen molar-refractivity contribution in [1.29, 1.82) is 0 Å². The van der Waals surface area contributed by atoms with Gasteiger partial charge in [-0.3, -0.25) is 0 Å². The summed E-state index contributed by atoms with van der Waals surface area (Å²) in [5, 5.41) is 0. The molecule has 3 rings (SSSR count). The molecular weight excluding hydrogens is 623 g/mol. The quantitative estimate of drug-likeness (QED) is 0.0879. The first-order chi connectivity index (χ1) is 19.9. The van der Waals surface area contributed by atoms with Crippen molar-refractivity contribution in [2.45, 2.75) is 140 Å². The Morgan fingerprint density at radius 3 is 2.27 bits per heavy atom. The first-order valence-corrected chi connectivity index (χ1v) is 24.4. The summed E-state index contributed by atoms with van der Waals surface area (Å²) >= 11 is -2.29. The number of carbonyl (C=O) groups is 1. The van der Waals surface area contributed by atoms with Crippen molar-refractivity contribution in [3.05, 3.63) is 48.2 Å². The Hall–Kier alpha value is -1.09. The van der Waals surface area contributed by atoms with Crippen LogP contribution in [0.3, 0.4) is 0 Å². The molecule has 2 heterocycles. The Labute approximate surface area is 253 Å². The maximum absolute atomic E-state index is 12.3. The van der Waals surface area contributed by atoms with Gasteiger partial charge in [-0.05, 0) is 0 Å². The van der Waals surface area contributed by atoms with Crippen molar-refractivity contribution in [1.82, 2.24) is 0 Å². The van der Waals surface area contributed by atoms with E-state index in [2.05, 4.69) is 33.8 Å². The number of esters is 1. The van der Waals surface area contributed by atoms with E-state index in [9.17, 15) is 4.79 Å². The van der Waals surface area contributed by atoms with Crippen LogP contribution in [0.2, 0.25) is 17.7 Å². The van der Waals surface area contributed by atoms with E-state index >= 15 is 0 Å². The number of unbranched alkanes of at least 4 members (excludes halogenated alkanes) is 3. The number of hydrogen-bond acceptors (Lipinski definition) is 6. The number of carbonyl (C=O) groups excluding carboxylic acids is 1. The molecular formula is C34H56O6Sn. The molecule has 6 nitrogen and oxygen atoms in total. The summed E-state index contributed by atoms with van der Waals surface area (Å²) in [4.78, 5) is 12.3. The van der Waals surface area contributed by atoms with Crippen LogP contribution in [-0.4, -0.2) is 61.5 Å². The number of ether oxygens (including phenoxy) is 5. The van der Waals surface area contributed by atoms with E-state index in [-0.39, 0.29) is 24.3 Å². The minimum atomic E-state index is -2.29. The molecule has 2 aliphatic heterocycles. The van der Waals surface area contributed by atoms with Crippen LogP contribution in [0.25, 0.3) is 0 Å². The molecule has 0 aliphatic carbocycles. The fourth-order valence-corrected chi connectivity index (χ4v) is 21.4. The molecule has 0 amide bonds. The van der Waals surface area contributed by atoms with Crippen molar-refractivity contribution in [3.63, 3.8) is 0 Å². The summed E-state index contributed by atoms with van der Waals surface area (Å²) in [5.74, 6) is -0.198. The van der Waals surface area contributed by atoms with Gasteiger partial charge in [0.05, 0.1) is 0 Å². The number of hydrogen-bond donors (Lipinski definition) is 0. The van der Waals surface area contributed by atoms with Crippen molar-refractivity contribution in [3.8, 4) is 0 Å². The summed E-state index contributed by atoms with van der Waals surface area (Å²) in [6.07, 6.45) is 12.8. The Kier molecular flexibility index (Phi) is 15.0. The number of benzene rings is 1. The van der Waals surface area contributed by atoms with E-state index in [0.29, 0.717) is 32.5 Å². The van der Waals surface area contributed by atoms with Gasteiger partial charge in [0.2, 0.25) is 0 Å². The number of rotatable bonds is 18. The van der Waals surface area contributed by atoms with Gasteiger partial charge in [0.1, 0.15) is 0 Å². The number of fused-ring (bicyclic) bond motifs is 1. The second kappa shape index (κ2) is 17.9. The Balaban J connectivity index is 1.73. The van der Waals surface area contributed by atoms with E-state index in [1.54, 1.807) is 0 Å². The van der Waals surface area contributed by atoms with Crippen LogP contribution in [0.1, 0.15) is 104 Å². The van der Waals surface area contributed by atoms with Crippen LogP contribution in [0, 0.1) is 0 Å². The molecule has 0 bridgehead atoms. The fraction of sp³-hybridized carbons (Fsp3) is 0.735. The first-order valence-electron chi connectivity index (χ1n) is 16.3. The molecule has 1 aromatic carbocycles. The van der Waals surface area contributed by atoms with E-state index in [0.717, 1.165) is 5.56 Å². The molecule has 0 N–H and O–H groups in total. The standard InChI is InChI=1S/C22H29O6.3C4H9.Sn/c1-4-13-25-19-14-17-18(28-22(19,3)12-11-20(23)24-5-2)15-26-21(27-17)16-9-7-6-8-10-16;3*1-3-4-2;/h4,6-10,13,17-19,21H,1,5,11-12,14-15H2,2-3H3;3*1,3-4H2,2H3;/b13-4-;;;;/t17-,18+,19+,21+,22-;;;;/m0..../s1. The summed E-state index contributed by atoms with van der Waals surface area (Å²) in [7, 11) is 0. The van der Waals surface area contributed by atoms with E-state index in [1.807, 2.05) is 43.5 Å². The molecule has 232 valence electrons. The van der Waals surface area contributed by atoms with Crippen LogP contribution < -0.4 is 0 Å². The third kappa shape index (κ3) is 10.5. The predicted molar refractivity (Wildman–Crippen MR) is 167 cm³/mol. The van der Waals surface area contributed by atoms with Crippen LogP contribution in [0.4, 0.5) is 0 Å². The van der Waals surface area contributed by atoms with Crippen LogP contribution in [0.5, 0.6) is 0 Å². The van der Waals surface area contributed by atoms with Gasteiger partial charge in [-0.15, -0.1) is 0 Å². The molecule has 0 radical (unpaired) electrons. The first kappa shape index (κ1) is 34.4. The van der Waals surface area contributed by atoms with Gasteiger partial charge in [-0.2, -0.15) is 0 Å². The predicted octanol–water partition coefficient (Wildman–Crippen LogP) is 8.74. The monoisotopic (exact) mass is 680 g/mol. The summed E-state index contributed by atoms with van der Waals surface area (Å²) in [6.45, 7) is 11.7. The van der Waals surface area contributed by atoms with Crippen LogP contribution in [-0.2, 0) is 28.5 Å². The van der Waals surface area contributed by atoms with E-state index in [1.165, 1.54) is 56.3 Å². The second-order valence-electron chi connectivity index (χ2n) is 12.3. The van der Waals surface area contributed by atoms with Gasteiger partial charge in [0.25, 0.3) is 0 Å². The Bertz CT molecular complexity index is 886. The van der Waals surface area contributed by atoms with E-state index < -0.39 is 30.3 Å². The molecule has 5 atom stereocenters. The zero-order valence-electron chi connectivity index (χ0n) is 26.4. The van der Waals surface area contributed by atoms with Gasteiger partial charge in [0, 0.05) is 0 Å². The molecule has 41 heavy (non-hydrogen) atoms.